The molecule has 0 spiro atoms. The van der Waals surface area contributed by atoms with Crippen molar-refractivity contribution in [3.8, 4) is 28.7 Å². The zero-order valence-corrected chi connectivity index (χ0v) is 29.7. The molecule has 52 heavy (non-hydrogen) atoms. The van der Waals surface area contributed by atoms with Gasteiger partial charge in [0.2, 0.25) is 12.5 Å². The molecule has 3 aliphatic heterocycles. The summed E-state index contributed by atoms with van der Waals surface area (Å²) in [6.07, 6.45) is -6.69. The Kier molecular flexibility index (Phi) is 15.5. The van der Waals surface area contributed by atoms with Crippen LogP contribution in [0.4, 0.5) is 4.79 Å². The van der Waals surface area contributed by atoms with Crippen LogP contribution in [0.5, 0.6) is 28.7 Å². The fourth-order valence-electron chi connectivity index (χ4n) is 5.95. The Morgan fingerprint density at radius 1 is 1.04 bits per heavy atom. The van der Waals surface area contributed by atoms with E-state index in [4.69, 9.17) is 57.6 Å². The molecule has 290 valence electrons. The van der Waals surface area contributed by atoms with E-state index in [-0.39, 0.29) is 38.3 Å². The van der Waals surface area contributed by atoms with E-state index in [1.165, 1.54) is 14.2 Å². The molecule has 17 heteroatoms. The minimum Gasteiger partial charge on any atom is -0.493 e. The Hall–Kier alpha value is -3.94. The van der Waals surface area contributed by atoms with Crippen LogP contribution in [0.25, 0.3) is 0 Å². The molecule has 2 fully saturated rings. The van der Waals surface area contributed by atoms with Gasteiger partial charge in [0.1, 0.15) is 37.1 Å². The van der Waals surface area contributed by atoms with E-state index in [0.717, 1.165) is 17.5 Å². The molecule has 0 amide bonds. The van der Waals surface area contributed by atoms with Crippen molar-refractivity contribution in [3.63, 3.8) is 0 Å². The zero-order chi connectivity index (χ0) is 37.8. The molecule has 4 aliphatic rings. The molecule has 0 bridgehead atoms. The Labute approximate surface area is 301 Å². The van der Waals surface area contributed by atoms with E-state index in [1.54, 1.807) is 25.1 Å². The topological polar surface area (TPSA) is 217 Å². The number of ether oxygens (including phenoxy) is 11. The molecule has 0 saturated carbocycles. The van der Waals surface area contributed by atoms with Gasteiger partial charge in [0, 0.05) is 5.92 Å². The van der Waals surface area contributed by atoms with Gasteiger partial charge in [-0.3, -0.25) is 4.79 Å². The van der Waals surface area contributed by atoms with Crippen LogP contribution in [-0.4, -0.2) is 124 Å². The molecule has 9 atom stereocenters. The number of hydrogen-bond donors (Lipinski definition) is 4. The lowest BCUT2D eigenvalue weighted by molar-refractivity contribution is -0.364. The van der Waals surface area contributed by atoms with Gasteiger partial charge < -0.3 is 72.5 Å². The molecular weight excluding hydrogens is 692 g/mol. The highest BCUT2D eigenvalue weighted by molar-refractivity contribution is 5.67. The number of aryl methyl sites for hydroxylation is 1. The Balaban J connectivity index is 0.000000249. The number of benzene rings is 2. The zero-order valence-electron chi connectivity index (χ0n) is 29.7. The van der Waals surface area contributed by atoms with Gasteiger partial charge in [-0.1, -0.05) is 19.9 Å². The maximum absolute atomic E-state index is 11.4. The highest BCUT2D eigenvalue weighted by Gasteiger charge is 2.50. The summed E-state index contributed by atoms with van der Waals surface area (Å²) < 4.78 is 58.9. The van der Waals surface area contributed by atoms with Crippen molar-refractivity contribution >= 4 is 12.6 Å². The summed E-state index contributed by atoms with van der Waals surface area (Å²) in [4.78, 5) is 22.2. The van der Waals surface area contributed by atoms with Crippen molar-refractivity contribution in [2.45, 2.75) is 82.8 Å². The number of carbonyl (C=O) groups is 2. The second kappa shape index (κ2) is 19.8. The lowest BCUT2D eigenvalue weighted by atomic mass is 9.81. The summed E-state index contributed by atoms with van der Waals surface area (Å²) in [7, 11) is 2.84. The van der Waals surface area contributed by atoms with E-state index in [9.17, 15) is 19.8 Å². The van der Waals surface area contributed by atoms with Crippen molar-refractivity contribution in [2.75, 3.05) is 47.4 Å². The fourth-order valence-corrected chi connectivity index (χ4v) is 5.95. The largest absolute Gasteiger partial charge is 0.514 e. The monoisotopic (exact) mass is 740 g/mol. The SMILES string of the molecule is CC.CC1OCC2OC(OC3c4cc5c(cc4CCC3COC=O)OCO5)C(O)C(O)C2O1.COc1cccc(OC)c1OC(=O)OCC(O)CO. The Morgan fingerprint density at radius 3 is 2.38 bits per heavy atom. The third-order valence-corrected chi connectivity index (χ3v) is 8.47. The van der Waals surface area contributed by atoms with Crippen LogP contribution in [0.2, 0.25) is 0 Å². The van der Waals surface area contributed by atoms with Gasteiger partial charge in [0.25, 0.3) is 6.47 Å². The van der Waals surface area contributed by atoms with Gasteiger partial charge in [-0.05, 0) is 55.2 Å². The number of aliphatic hydroxyl groups is 4. The smallest absolute Gasteiger partial charge is 0.493 e. The predicted octanol–water partition coefficient (Wildman–Crippen LogP) is 2.02. The van der Waals surface area contributed by atoms with Crippen LogP contribution in [0.1, 0.15) is 44.4 Å². The number of carbonyl (C=O) groups excluding carboxylic acids is 2. The first-order chi connectivity index (χ1) is 25.2. The summed E-state index contributed by atoms with van der Waals surface area (Å²) in [6, 6.07) is 8.64. The van der Waals surface area contributed by atoms with E-state index in [1.807, 2.05) is 26.0 Å². The lowest BCUT2D eigenvalue weighted by Crippen LogP contribution is -2.63. The molecular formula is C35H48O17. The van der Waals surface area contributed by atoms with Crippen LogP contribution in [0.15, 0.2) is 30.3 Å². The number of fused-ring (bicyclic) bond motifs is 3. The maximum atomic E-state index is 11.4. The number of aliphatic hydroxyl groups excluding tert-OH is 4. The number of methoxy groups -OCH3 is 2. The second-order valence-corrected chi connectivity index (χ2v) is 11.7. The summed E-state index contributed by atoms with van der Waals surface area (Å²) in [6.45, 7) is 5.77. The van der Waals surface area contributed by atoms with Gasteiger partial charge in [-0.25, -0.2) is 4.79 Å². The van der Waals surface area contributed by atoms with Crippen molar-refractivity contribution in [1.29, 1.82) is 0 Å². The summed E-state index contributed by atoms with van der Waals surface area (Å²) in [5, 5.41) is 38.9. The minimum atomic E-state index is -1.32. The average Bonchev–Trinajstić information content (AvgIpc) is 3.63. The normalized spacial score (nSPS) is 27.5. The molecule has 2 saturated heterocycles. The maximum Gasteiger partial charge on any atom is 0.514 e. The summed E-state index contributed by atoms with van der Waals surface area (Å²) >= 11 is 0. The first-order valence-electron chi connectivity index (χ1n) is 16.9. The minimum absolute atomic E-state index is 0.0796. The molecule has 17 nitrogen and oxygen atoms in total. The van der Waals surface area contributed by atoms with Crippen LogP contribution in [0.3, 0.4) is 0 Å². The first kappa shape index (κ1) is 40.8. The van der Waals surface area contributed by atoms with E-state index < -0.39 is 62.0 Å². The molecule has 0 aromatic heterocycles. The highest BCUT2D eigenvalue weighted by Crippen LogP contribution is 2.45. The van der Waals surface area contributed by atoms with Crippen LogP contribution in [-0.2, 0) is 39.6 Å². The molecule has 3 heterocycles. The fraction of sp³-hybridized carbons (Fsp3) is 0.600. The average molecular weight is 741 g/mol. The van der Waals surface area contributed by atoms with E-state index in [0.29, 0.717) is 35.9 Å². The number of hydrogen-bond acceptors (Lipinski definition) is 17. The van der Waals surface area contributed by atoms with Crippen molar-refractivity contribution < 1.29 is 82.1 Å². The van der Waals surface area contributed by atoms with Gasteiger partial charge in [0.15, 0.2) is 35.6 Å². The third-order valence-electron chi connectivity index (χ3n) is 8.47. The standard InChI is InChI=1S/C21H26O10.C12H16O7.C2H6/c1-10-26-7-16-20(29-10)17(23)18(24)21(30-16)31-19-12(6-25-8-22)3-2-11-4-14-15(5-13(11)19)28-9-27-14;1-16-9-4-3-5-10(17-2)11(9)19-12(15)18-7-8(14)6-13;1-2/h4-5,8,10,12,16-21,23-24H,2-3,6-7,9H2,1H3;3-5,8,13-14H,6-7H2,1-2H3;1-2H3. The molecule has 9 unspecified atom stereocenters. The van der Waals surface area contributed by atoms with Crippen molar-refractivity contribution in [2.24, 2.45) is 5.92 Å². The van der Waals surface area contributed by atoms with Gasteiger partial charge >= 0.3 is 6.16 Å². The number of rotatable bonds is 11. The quantitative estimate of drug-likeness (QED) is 0.147. The van der Waals surface area contributed by atoms with Crippen LogP contribution in [0, 0.1) is 5.92 Å². The van der Waals surface area contributed by atoms with E-state index >= 15 is 0 Å². The van der Waals surface area contributed by atoms with Crippen LogP contribution < -0.4 is 23.7 Å². The summed E-state index contributed by atoms with van der Waals surface area (Å²) in [5.74, 6) is 1.81. The molecule has 1 aliphatic carbocycles. The first-order valence-corrected chi connectivity index (χ1v) is 16.9. The number of para-hydroxylation sites is 1. The van der Waals surface area contributed by atoms with Crippen molar-refractivity contribution in [1.82, 2.24) is 0 Å². The molecule has 2 aromatic rings. The van der Waals surface area contributed by atoms with Gasteiger partial charge in [-0.2, -0.15) is 0 Å². The summed E-state index contributed by atoms with van der Waals surface area (Å²) in [5.41, 5.74) is 1.88. The highest BCUT2D eigenvalue weighted by atomic mass is 16.8. The molecule has 4 N–H and O–H groups in total. The van der Waals surface area contributed by atoms with Gasteiger partial charge in [0.05, 0.1) is 40.1 Å². The molecule has 2 aromatic carbocycles. The van der Waals surface area contributed by atoms with E-state index in [2.05, 4.69) is 4.74 Å². The van der Waals surface area contributed by atoms with Crippen molar-refractivity contribution in [3.05, 3.63) is 41.5 Å². The lowest BCUT2D eigenvalue weighted by Gasteiger charge is -2.47. The predicted molar refractivity (Wildman–Crippen MR) is 177 cm³/mol. The van der Waals surface area contributed by atoms with Gasteiger partial charge in [-0.15, -0.1) is 0 Å². The Morgan fingerprint density at radius 2 is 1.73 bits per heavy atom. The Bertz CT molecular complexity index is 1410. The van der Waals surface area contributed by atoms with Crippen LogP contribution >= 0.6 is 0 Å². The molecule has 0 radical (unpaired) electrons. The molecule has 6 rings (SSSR count). The second-order valence-electron chi connectivity index (χ2n) is 11.7. The third kappa shape index (κ3) is 9.93.